The molecule has 0 unspecified atom stereocenters. The Bertz CT molecular complexity index is 500. The molecule has 1 aromatic heterocycles. The Morgan fingerprint density at radius 3 is 2.75 bits per heavy atom. The lowest BCUT2D eigenvalue weighted by Crippen LogP contribution is -2.50. The molecule has 20 heavy (non-hydrogen) atoms. The highest BCUT2D eigenvalue weighted by Gasteiger charge is 2.26. The van der Waals surface area contributed by atoms with Crippen molar-refractivity contribution in [2.75, 3.05) is 44.7 Å². The van der Waals surface area contributed by atoms with Crippen molar-refractivity contribution < 1.29 is 9.72 Å². The number of likely N-dealkylation sites (N-methyl/N-ethyl adjacent to an activating group) is 1. The highest BCUT2D eigenvalue weighted by atomic mass is 16.6. The second-order valence-electron chi connectivity index (χ2n) is 4.50. The molecule has 0 spiro atoms. The number of rotatable bonds is 4. The van der Waals surface area contributed by atoms with Crippen molar-refractivity contribution in [2.45, 2.75) is 0 Å². The average Bonchev–Trinajstić information content (AvgIpc) is 2.47. The molecule has 0 aromatic carbocycles. The summed E-state index contributed by atoms with van der Waals surface area (Å²) in [5, 5.41) is 13.8. The molecule has 8 nitrogen and oxygen atoms in total. The molecule has 0 atom stereocenters. The fourth-order valence-corrected chi connectivity index (χ4v) is 2.21. The molecule has 1 aliphatic heterocycles. The minimum atomic E-state index is -0.430. The van der Waals surface area contributed by atoms with Gasteiger partial charge in [0, 0.05) is 38.4 Å². The monoisotopic (exact) mass is 279 g/mol. The number of carbonyl (C=O) groups excluding carboxylic acids is 1. The summed E-state index contributed by atoms with van der Waals surface area (Å²) in [6, 6.07) is 3.00. The van der Waals surface area contributed by atoms with Gasteiger partial charge in [-0.2, -0.15) is 0 Å². The number of carbonyl (C=O) groups is 1. The van der Waals surface area contributed by atoms with E-state index in [1.54, 1.807) is 24.2 Å². The molecule has 0 saturated carbocycles. The average molecular weight is 279 g/mol. The molecule has 0 aliphatic carbocycles. The zero-order valence-electron chi connectivity index (χ0n) is 11.3. The minimum absolute atomic E-state index is 0.00232. The van der Waals surface area contributed by atoms with Gasteiger partial charge >= 0.3 is 5.69 Å². The van der Waals surface area contributed by atoms with E-state index in [4.69, 9.17) is 0 Å². The maximum absolute atomic E-state index is 11.7. The van der Waals surface area contributed by atoms with Gasteiger partial charge in [-0.1, -0.05) is 0 Å². The molecule has 2 rings (SSSR count). The largest absolute Gasteiger partial charge is 0.347 e. The van der Waals surface area contributed by atoms with Crippen LogP contribution in [0.4, 0.5) is 11.5 Å². The molecule has 1 saturated heterocycles. The van der Waals surface area contributed by atoms with Crippen molar-refractivity contribution in [1.29, 1.82) is 0 Å². The molecule has 0 radical (unpaired) electrons. The molecule has 8 heteroatoms. The highest BCUT2D eigenvalue weighted by molar-refractivity contribution is 5.78. The van der Waals surface area contributed by atoms with Crippen LogP contribution in [0.2, 0.25) is 0 Å². The van der Waals surface area contributed by atoms with Gasteiger partial charge in [-0.15, -0.1) is 0 Å². The fourth-order valence-electron chi connectivity index (χ4n) is 2.21. The van der Waals surface area contributed by atoms with Crippen LogP contribution in [0.25, 0.3) is 0 Å². The third kappa shape index (κ3) is 3.02. The Kier molecular flexibility index (Phi) is 4.46. The number of nitro groups is 1. The predicted octanol–water partition coefficient (Wildman–Crippen LogP) is -0.142. The summed E-state index contributed by atoms with van der Waals surface area (Å²) in [7, 11) is 1.73. The second kappa shape index (κ2) is 6.29. The smallest absolute Gasteiger partial charge is 0.311 e. The molecule has 1 fully saturated rings. The summed E-state index contributed by atoms with van der Waals surface area (Å²) < 4.78 is 0. The molecule has 1 aromatic rings. The summed E-state index contributed by atoms with van der Waals surface area (Å²) in [4.78, 5) is 30.0. The van der Waals surface area contributed by atoms with Crippen LogP contribution < -0.4 is 10.2 Å². The van der Waals surface area contributed by atoms with Gasteiger partial charge in [0.15, 0.2) is 0 Å². The van der Waals surface area contributed by atoms with E-state index in [0.29, 0.717) is 38.5 Å². The summed E-state index contributed by atoms with van der Waals surface area (Å²) in [5.74, 6) is 0.417. The highest BCUT2D eigenvalue weighted by Crippen LogP contribution is 2.25. The first-order chi connectivity index (χ1) is 9.63. The van der Waals surface area contributed by atoms with Gasteiger partial charge in [0.1, 0.15) is 0 Å². The van der Waals surface area contributed by atoms with Crippen LogP contribution in [0.1, 0.15) is 0 Å². The summed E-state index contributed by atoms with van der Waals surface area (Å²) >= 11 is 0. The lowest BCUT2D eigenvalue weighted by Gasteiger charge is -2.35. The Hall–Kier alpha value is -2.22. The van der Waals surface area contributed by atoms with Crippen LogP contribution in [0.15, 0.2) is 18.3 Å². The van der Waals surface area contributed by atoms with Crippen molar-refractivity contribution in [2.24, 2.45) is 0 Å². The SMILES string of the molecule is CNCC(=O)N1CCN(c2ncccc2[N+](=O)[O-])CC1. The van der Waals surface area contributed by atoms with Crippen LogP contribution in [0, 0.1) is 10.1 Å². The van der Waals surface area contributed by atoms with E-state index >= 15 is 0 Å². The third-order valence-electron chi connectivity index (χ3n) is 3.22. The fraction of sp³-hybridized carbons (Fsp3) is 0.500. The lowest BCUT2D eigenvalue weighted by atomic mass is 10.2. The Morgan fingerprint density at radius 2 is 2.15 bits per heavy atom. The quantitative estimate of drug-likeness (QED) is 0.609. The van der Waals surface area contributed by atoms with Crippen LogP contribution >= 0.6 is 0 Å². The predicted molar refractivity (Wildman–Crippen MR) is 73.6 cm³/mol. The van der Waals surface area contributed by atoms with Crippen molar-refractivity contribution >= 4 is 17.4 Å². The van der Waals surface area contributed by atoms with E-state index < -0.39 is 4.92 Å². The Balaban J connectivity index is 2.04. The number of aromatic nitrogens is 1. The van der Waals surface area contributed by atoms with Crippen molar-refractivity contribution in [3.8, 4) is 0 Å². The molecule has 2 heterocycles. The number of anilines is 1. The van der Waals surface area contributed by atoms with Crippen LogP contribution in [0.3, 0.4) is 0 Å². The first-order valence-electron chi connectivity index (χ1n) is 6.40. The molecule has 0 bridgehead atoms. The first kappa shape index (κ1) is 14.2. The molecule has 1 N–H and O–H groups in total. The molecule has 1 aliphatic rings. The maximum atomic E-state index is 11.7. The first-order valence-corrected chi connectivity index (χ1v) is 6.40. The normalized spacial score (nSPS) is 15.2. The number of amides is 1. The van der Waals surface area contributed by atoms with Crippen molar-refractivity contribution in [3.63, 3.8) is 0 Å². The van der Waals surface area contributed by atoms with Gasteiger partial charge in [0.2, 0.25) is 11.7 Å². The van der Waals surface area contributed by atoms with Crippen LogP contribution in [0.5, 0.6) is 0 Å². The topological polar surface area (TPSA) is 91.6 Å². The number of hydrogen-bond donors (Lipinski definition) is 1. The minimum Gasteiger partial charge on any atom is -0.347 e. The molecule has 1 amide bonds. The Labute approximate surface area is 116 Å². The van der Waals surface area contributed by atoms with E-state index in [-0.39, 0.29) is 11.6 Å². The number of piperazine rings is 1. The van der Waals surface area contributed by atoms with Crippen LogP contribution in [-0.4, -0.2) is 60.5 Å². The number of nitrogens with one attached hydrogen (secondary N) is 1. The van der Waals surface area contributed by atoms with E-state index in [2.05, 4.69) is 10.3 Å². The van der Waals surface area contributed by atoms with E-state index in [9.17, 15) is 14.9 Å². The number of hydrogen-bond acceptors (Lipinski definition) is 6. The summed E-state index contributed by atoms with van der Waals surface area (Å²) in [6.07, 6.45) is 1.54. The van der Waals surface area contributed by atoms with Gasteiger partial charge < -0.3 is 15.1 Å². The van der Waals surface area contributed by atoms with Crippen LogP contribution in [-0.2, 0) is 4.79 Å². The second-order valence-corrected chi connectivity index (χ2v) is 4.50. The lowest BCUT2D eigenvalue weighted by molar-refractivity contribution is -0.384. The van der Waals surface area contributed by atoms with Gasteiger partial charge in [-0.25, -0.2) is 4.98 Å². The van der Waals surface area contributed by atoms with Gasteiger partial charge in [-0.3, -0.25) is 14.9 Å². The van der Waals surface area contributed by atoms with E-state index in [1.165, 1.54) is 6.07 Å². The van der Waals surface area contributed by atoms with E-state index in [0.717, 1.165) is 0 Å². The Morgan fingerprint density at radius 1 is 1.45 bits per heavy atom. The van der Waals surface area contributed by atoms with Gasteiger partial charge in [0.05, 0.1) is 11.5 Å². The van der Waals surface area contributed by atoms with E-state index in [1.807, 2.05) is 4.90 Å². The molecule has 108 valence electrons. The van der Waals surface area contributed by atoms with Gasteiger partial charge in [-0.05, 0) is 13.1 Å². The number of nitrogens with zero attached hydrogens (tertiary/aromatic N) is 4. The third-order valence-corrected chi connectivity index (χ3v) is 3.22. The zero-order valence-corrected chi connectivity index (χ0v) is 11.3. The van der Waals surface area contributed by atoms with Crippen molar-refractivity contribution in [1.82, 2.24) is 15.2 Å². The molecular weight excluding hydrogens is 262 g/mol. The standard InChI is InChI=1S/C12H17N5O3/c1-13-9-11(18)15-5-7-16(8-6-15)12-10(17(19)20)3-2-4-14-12/h2-4,13H,5-9H2,1H3. The zero-order chi connectivity index (χ0) is 14.5. The summed E-state index contributed by atoms with van der Waals surface area (Å²) in [5.41, 5.74) is 0.00232. The maximum Gasteiger partial charge on any atom is 0.311 e. The van der Waals surface area contributed by atoms with Gasteiger partial charge in [0.25, 0.3) is 0 Å². The van der Waals surface area contributed by atoms with Crippen molar-refractivity contribution in [3.05, 3.63) is 28.4 Å². The number of pyridine rings is 1. The molecular formula is C12H17N5O3. The summed E-state index contributed by atoms with van der Waals surface area (Å²) in [6.45, 7) is 2.51.